The number of carbonyl (C=O) groups is 2. The summed E-state index contributed by atoms with van der Waals surface area (Å²) in [5.41, 5.74) is 0.819. The van der Waals surface area contributed by atoms with Crippen molar-refractivity contribution in [2.45, 2.75) is 58.0 Å². The minimum absolute atomic E-state index is 0.125. The smallest absolute Gasteiger partial charge is 0.258 e. The van der Waals surface area contributed by atoms with Crippen LogP contribution in [0.4, 0.5) is 0 Å². The molecule has 0 unspecified atom stereocenters. The van der Waals surface area contributed by atoms with E-state index in [0.29, 0.717) is 0 Å². The van der Waals surface area contributed by atoms with E-state index in [-0.39, 0.29) is 30.4 Å². The molecule has 0 spiro atoms. The number of aliphatic hydroxyl groups is 1. The maximum absolute atomic E-state index is 13.2. The number of ether oxygens (including phenoxy) is 1. The number of benzene rings is 3. The first-order valence-electron chi connectivity index (χ1n) is 16.1. The van der Waals surface area contributed by atoms with Crippen LogP contribution < -0.4 is 15.4 Å². The minimum atomic E-state index is -2.91. The van der Waals surface area contributed by atoms with Crippen molar-refractivity contribution in [3.05, 3.63) is 101 Å². The highest BCUT2D eigenvalue weighted by Crippen LogP contribution is 2.22. The Hall–Kier alpha value is -3.64. The highest BCUT2D eigenvalue weighted by atomic mass is 16.5. The summed E-state index contributed by atoms with van der Waals surface area (Å²) in [4.78, 5) is 25.5. The van der Waals surface area contributed by atoms with Crippen LogP contribution in [0, 0.1) is 13.7 Å². The molecule has 0 heterocycles. The van der Waals surface area contributed by atoms with Gasteiger partial charge >= 0.3 is 0 Å². The van der Waals surface area contributed by atoms with Gasteiger partial charge in [-0.2, -0.15) is 0 Å². The fraction of sp³-hybridized carbons (Fsp3) is 0.333. The fourth-order valence-electron chi connectivity index (χ4n) is 3.96. The lowest BCUT2D eigenvalue weighted by Gasteiger charge is -2.28. The predicted octanol–water partition coefficient (Wildman–Crippen LogP) is 3.91. The molecule has 3 aromatic rings. The van der Waals surface area contributed by atoms with Gasteiger partial charge in [-0.3, -0.25) is 9.59 Å². The number of para-hydroxylation sites is 1. The van der Waals surface area contributed by atoms with Crippen LogP contribution in [0.15, 0.2) is 78.9 Å². The molecular weight excluding hydrogens is 452 g/mol. The summed E-state index contributed by atoms with van der Waals surface area (Å²) < 4.78 is 74.7. The zero-order valence-corrected chi connectivity index (χ0v) is 19.7. The SMILES string of the molecule is [2H]C([2H])([2H])C(=O)N[C@@H](Cc1ccccc1)C[C@H](O)[C@H](Cc1ccccc1)NC(=O)COc1c(C([2H])([2H])[2H])cccc1C([2H])([2H])[2H]. The Labute approximate surface area is 226 Å². The Balaban J connectivity index is 1.84. The van der Waals surface area contributed by atoms with Crippen molar-refractivity contribution in [1.82, 2.24) is 10.6 Å². The number of rotatable bonds is 12. The van der Waals surface area contributed by atoms with Gasteiger partial charge < -0.3 is 20.5 Å². The Bertz CT molecular complexity index is 1380. The van der Waals surface area contributed by atoms with Crippen molar-refractivity contribution in [2.24, 2.45) is 0 Å². The van der Waals surface area contributed by atoms with Crippen LogP contribution in [0.25, 0.3) is 0 Å². The predicted molar refractivity (Wildman–Crippen MR) is 142 cm³/mol. The first-order chi connectivity index (χ1) is 20.9. The standard InChI is InChI=1S/C30H36N2O4/c1-21-11-10-12-22(2)30(21)36-20-29(35)32-27(18-25-15-8-5-9-16-25)28(34)19-26(31-23(3)33)17-24-13-6-4-7-14-24/h4-16,26-28,34H,17-20H2,1-3H3,(H,31,33)(H,32,35)/t26-,27-,28-/m0/s1/i1D3,2D3,3D3. The molecule has 3 N–H and O–H groups in total. The number of hydrogen-bond acceptors (Lipinski definition) is 4. The third-order valence-corrected chi connectivity index (χ3v) is 5.66. The molecule has 6 nitrogen and oxygen atoms in total. The van der Waals surface area contributed by atoms with Crippen LogP contribution in [0.5, 0.6) is 5.75 Å². The highest BCUT2D eigenvalue weighted by Gasteiger charge is 2.26. The Kier molecular flexibility index (Phi) is 6.32. The van der Waals surface area contributed by atoms with E-state index in [0.717, 1.165) is 11.1 Å². The molecule has 0 aromatic heterocycles. The summed E-state index contributed by atoms with van der Waals surface area (Å²) in [6.07, 6.45) is -1.06. The van der Waals surface area contributed by atoms with Gasteiger partial charge in [0.15, 0.2) is 6.61 Å². The molecule has 0 saturated carbocycles. The van der Waals surface area contributed by atoms with Crippen molar-refractivity contribution < 1.29 is 31.8 Å². The van der Waals surface area contributed by atoms with Crippen molar-refractivity contribution in [2.75, 3.05) is 6.61 Å². The van der Waals surface area contributed by atoms with E-state index in [1.165, 1.54) is 18.2 Å². The van der Waals surface area contributed by atoms with E-state index in [2.05, 4.69) is 10.6 Å². The Morgan fingerprint density at radius 1 is 0.861 bits per heavy atom. The van der Waals surface area contributed by atoms with E-state index in [9.17, 15) is 14.7 Å². The summed E-state index contributed by atoms with van der Waals surface area (Å²) in [5.74, 6) is -2.38. The van der Waals surface area contributed by atoms with Gasteiger partial charge in [0.25, 0.3) is 5.91 Å². The van der Waals surface area contributed by atoms with Crippen molar-refractivity contribution >= 4 is 11.8 Å². The summed E-state index contributed by atoms with van der Waals surface area (Å²) >= 11 is 0. The lowest BCUT2D eigenvalue weighted by molar-refractivity contribution is -0.125. The number of aryl methyl sites for hydroxylation is 2. The van der Waals surface area contributed by atoms with Crippen LogP contribution in [-0.4, -0.2) is 41.7 Å². The molecule has 3 aromatic carbocycles. The van der Waals surface area contributed by atoms with Gasteiger partial charge in [0, 0.05) is 25.2 Å². The first kappa shape index (κ1) is 16.9. The second-order valence-electron chi connectivity index (χ2n) is 8.50. The first-order valence-corrected chi connectivity index (χ1v) is 11.6. The summed E-state index contributed by atoms with van der Waals surface area (Å²) in [6.45, 7) is -9.09. The second-order valence-corrected chi connectivity index (χ2v) is 8.50. The summed E-state index contributed by atoms with van der Waals surface area (Å²) in [7, 11) is 0. The molecule has 6 heteroatoms. The van der Waals surface area contributed by atoms with Gasteiger partial charge in [-0.25, -0.2) is 0 Å². The molecular formula is C30H36N2O4. The maximum Gasteiger partial charge on any atom is 0.258 e. The zero-order chi connectivity index (χ0) is 33.4. The van der Waals surface area contributed by atoms with Crippen LogP contribution >= 0.6 is 0 Å². The molecule has 0 radical (unpaired) electrons. The molecule has 0 aliphatic rings. The Morgan fingerprint density at radius 3 is 2.06 bits per heavy atom. The zero-order valence-electron chi connectivity index (χ0n) is 28.7. The minimum Gasteiger partial charge on any atom is -0.483 e. The third kappa shape index (κ3) is 8.54. The molecule has 0 aliphatic carbocycles. The van der Waals surface area contributed by atoms with Crippen LogP contribution in [-0.2, 0) is 22.4 Å². The number of amides is 2. The van der Waals surface area contributed by atoms with Gasteiger partial charge in [-0.1, -0.05) is 78.9 Å². The number of aliphatic hydroxyl groups excluding tert-OH is 1. The van der Waals surface area contributed by atoms with Gasteiger partial charge in [-0.15, -0.1) is 0 Å². The Morgan fingerprint density at radius 2 is 1.47 bits per heavy atom. The average Bonchev–Trinajstić information content (AvgIpc) is 2.95. The molecule has 36 heavy (non-hydrogen) atoms. The largest absolute Gasteiger partial charge is 0.483 e. The quantitative estimate of drug-likeness (QED) is 0.354. The summed E-state index contributed by atoms with van der Waals surface area (Å²) in [5, 5.41) is 16.5. The lowest BCUT2D eigenvalue weighted by Crippen LogP contribution is -2.49. The topological polar surface area (TPSA) is 87.7 Å². The van der Waals surface area contributed by atoms with Gasteiger partial charge in [0.05, 0.1) is 12.1 Å². The van der Waals surface area contributed by atoms with E-state index in [4.69, 9.17) is 17.1 Å². The molecule has 0 saturated heterocycles. The van der Waals surface area contributed by atoms with Crippen molar-refractivity contribution in [3.63, 3.8) is 0 Å². The van der Waals surface area contributed by atoms with Crippen molar-refractivity contribution in [1.29, 1.82) is 0 Å². The van der Waals surface area contributed by atoms with Crippen molar-refractivity contribution in [3.8, 4) is 5.75 Å². The number of nitrogens with one attached hydrogen (secondary N) is 2. The molecule has 3 rings (SSSR count). The highest BCUT2D eigenvalue weighted by molar-refractivity contribution is 5.78. The monoisotopic (exact) mass is 497 g/mol. The van der Waals surface area contributed by atoms with Crippen LogP contribution in [0.3, 0.4) is 0 Å². The lowest BCUT2D eigenvalue weighted by atomic mass is 9.93. The maximum atomic E-state index is 13.2. The van der Waals surface area contributed by atoms with Crippen LogP contribution in [0.1, 0.15) is 47.9 Å². The molecule has 3 atom stereocenters. The molecule has 0 aliphatic heterocycles. The van der Waals surface area contributed by atoms with Gasteiger partial charge in [0.1, 0.15) is 5.75 Å². The number of hydrogen-bond donors (Lipinski definition) is 3. The normalized spacial score (nSPS) is 18.1. The van der Waals surface area contributed by atoms with Gasteiger partial charge in [-0.05, 0) is 55.2 Å². The number of carbonyl (C=O) groups excluding carboxylic acids is 2. The van der Waals surface area contributed by atoms with E-state index in [1.807, 2.05) is 0 Å². The average molecular weight is 498 g/mol. The van der Waals surface area contributed by atoms with E-state index < -0.39 is 62.9 Å². The van der Waals surface area contributed by atoms with Crippen LogP contribution in [0.2, 0.25) is 0 Å². The van der Waals surface area contributed by atoms with E-state index in [1.54, 1.807) is 60.7 Å². The van der Waals surface area contributed by atoms with Gasteiger partial charge in [0.2, 0.25) is 5.91 Å². The fourth-order valence-corrected chi connectivity index (χ4v) is 3.96. The summed E-state index contributed by atoms with van der Waals surface area (Å²) in [6, 6.07) is 19.8. The molecule has 2 amide bonds. The third-order valence-electron chi connectivity index (χ3n) is 5.66. The molecule has 0 fully saturated rings. The van der Waals surface area contributed by atoms with E-state index >= 15 is 0 Å². The molecule has 190 valence electrons. The molecule has 0 bridgehead atoms. The second kappa shape index (κ2) is 13.4.